The largest absolute Gasteiger partial charge is 0.492 e. The van der Waals surface area contributed by atoms with Gasteiger partial charge >= 0.3 is 0 Å². The van der Waals surface area contributed by atoms with Crippen LogP contribution in [-0.2, 0) is 9.53 Å². The molecule has 5 nitrogen and oxygen atoms in total. The lowest BCUT2D eigenvalue weighted by Crippen LogP contribution is -2.45. The third kappa shape index (κ3) is 6.19. The summed E-state index contributed by atoms with van der Waals surface area (Å²) in [6.07, 6.45) is 10.0. The number of carbonyl (C=O) groups excluding carboxylic acids is 1. The number of likely N-dealkylation sites (tertiary alicyclic amines) is 1. The molecule has 1 saturated carbocycles. The molecule has 1 aromatic carbocycles. The van der Waals surface area contributed by atoms with Crippen LogP contribution in [0.2, 0.25) is 0 Å². The van der Waals surface area contributed by atoms with Crippen LogP contribution in [0.3, 0.4) is 0 Å². The van der Waals surface area contributed by atoms with Gasteiger partial charge in [-0.25, -0.2) is 0 Å². The van der Waals surface area contributed by atoms with Crippen molar-refractivity contribution in [2.75, 3.05) is 31.6 Å². The van der Waals surface area contributed by atoms with Gasteiger partial charge in [0.2, 0.25) is 0 Å². The molecule has 1 saturated heterocycles. The van der Waals surface area contributed by atoms with Gasteiger partial charge in [-0.05, 0) is 70.3 Å². The zero-order chi connectivity index (χ0) is 20.5. The summed E-state index contributed by atoms with van der Waals surface area (Å²) in [4.78, 5) is 15.5. The predicted octanol–water partition coefficient (Wildman–Crippen LogP) is 5.01. The monoisotopic (exact) mass is 402 g/mol. The van der Waals surface area contributed by atoms with Crippen molar-refractivity contribution in [3.8, 4) is 5.75 Å². The molecule has 0 radical (unpaired) electrons. The van der Waals surface area contributed by atoms with Crippen LogP contribution in [-0.4, -0.2) is 48.8 Å². The Bertz CT molecular complexity index is 624. The van der Waals surface area contributed by atoms with Crippen LogP contribution in [0.1, 0.15) is 71.6 Å². The van der Waals surface area contributed by atoms with Crippen LogP contribution >= 0.6 is 0 Å². The van der Waals surface area contributed by atoms with Crippen molar-refractivity contribution in [3.05, 3.63) is 24.3 Å². The number of hydrogen-bond acceptors (Lipinski definition) is 4. The highest BCUT2D eigenvalue weighted by Gasteiger charge is 2.39. The first-order chi connectivity index (χ1) is 14.1. The van der Waals surface area contributed by atoms with Gasteiger partial charge in [0.05, 0.1) is 0 Å². The highest BCUT2D eigenvalue weighted by Crippen LogP contribution is 2.32. The first kappa shape index (κ1) is 22.1. The second-order valence-corrected chi connectivity index (χ2v) is 8.55. The normalized spacial score (nSPS) is 22.6. The zero-order valence-electron chi connectivity index (χ0n) is 18.3. The van der Waals surface area contributed by atoms with E-state index in [0.717, 1.165) is 43.7 Å². The number of nitrogens with one attached hydrogen (secondary N) is 1. The van der Waals surface area contributed by atoms with Gasteiger partial charge in [-0.2, -0.15) is 0 Å². The third-order valence-corrected chi connectivity index (χ3v) is 6.45. The van der Waals surface area contributed by atoms with E-state index in [0.29, 0.717) is 19.3 Å². The molecule has 1 heterocycles. The maximum Gasteiger partial charge on any atom is 0.256 e. The van der Waals surface area contributed by atoms with E-state index in [2.05, 4.69) is 17.1 Å². The fraction of sp³-hybridized carbons (Fsp3) is 0.708. The average molecular weight is 403 g/mol. The molecule has 2 aliphatic rings. The van der Waals surface area contributed by atoms with Gasteiger partial charge in [-0.3, -0.25) is 9.69 Å². The lowest BCUT2D eigenvalue weighted by molar-refractivity contribution is -0.143. The maximum absolute atomic E-state index is 13.0. The van der Waals surface area contributed by atoms with E-state index in [-0.39, 0.29) is 5.91 Å². The SMILES string of the molecule is CCOC1(C(=O)Nc2ccc(OCCN3CCCCC3C)cc2)CCCCCC1. The first-order valence-corrected chi connectivity index (χ1v) is 11.6. The fourth-order valence-electron chi connectivity index (χ4n) is 4.66. The first-order valence-electron chi connectivity index (χ1n) is 11.6. The van der Waals surface area contributed by atoms with Gasteiger partial charge in [0.25, 0.3) is 5.91 Å². The van der Waals surface area contributed by atoms with E-state index >= 15 is 0 Å². The third-order valence-electron chi connectivity index (χ3n) is 6.45. The van der Waals surface area contributed by atoms with Gasteiger partial charge in [0.1, 0.15) is 18.0 Å². The molecule has 1 aromatic rings. The number of amides is 1. The Hall–Kier alpha value is -1.59. The number of ether oxygens (including phenoxy) is 2. The lowest BCUT2D eigenvalue weighted by Gasteiger charge is -2.33. The molecule has 0 bridgehead atoms. The number of benzene rings is 1. The van der Waals surface area contributed by atoms with Crippen LogP contribution in [0.15, 0.2) is 24.3 Å². The second-order valence-electron chi connectivity index (χ2n) is 8.55. The number of carbonyl (C=O) groups is 1. The molecule has 2 fully saturated rings. The van der Waals surface area contributed by atoms with Crippen LogP contribution in [0.4, 0.5) is 5.69 Å². The molecule has 0 aromatic heterocycles. The molecule has 1 N–H and O–H groups in total. The van der Waals surface area contributed by atoms with E-state index in [1.807, 2.05) is 31.2 Å². The Morgan fingerprint density at radius 1 is 1.10 bits per heavy atom. The number of rotatable bonds is 8. The minimum absolute atomic E-state index is 0.00555. The predicted molar refractivity (Wildman–Crippen MR) is 118 cm³/mol. The Labute approximate surface area is 176 Å². The summed E-state index contributed by atoms with van der Waals surface area (Å²) in [7, 11) is 0. The molecule has 1 aliphatic carbocycles. The number of anilines is 1. The van der Waals surface area contributed by atoms with Gasteiger partial charge < -0.3 is 14.8 Å². The second kappa shape index (κ2) is 11.0. The summed E-state index contributed by atoms with van der Waals surface area (Å²) in [5, 5.41) is 3.08. The molecule has 1 amide bonds. The lowest BCUT2D eigenvalue weighted by atomic mass is 9.93. The van der Waals surface area contributed by atoms with Crippen LogP contribution < -0.4 is 10.1 Å². The summed E-state index contributed by atoms with van der Waals surface area (Å²) in [5.41, 5.74) is 0.126. The molecular weight excluding hydrogens is 364 g/mol. The molecule has 1 atom stereocenters. The Morgan fingerprint density at radius 2 is 1.83 bits per heavy atom. The van der Waals surface area contributed by atoms with E-state index in [1.165, 1.54) is 38.6 Å². The van der Waals surface area contributed by atoms with E-state index < -0.39 is 5.60 Å². The highest BCUT2D eigenvalue weighted by atomic mass is 16.5. The number of nitrogens with zero attached hydrogens (tertiary/aromatic N) is 1. The van der Waals surface area contributed by atoms with E-state index in [4.69, 9.17) is 9.47 Å². The standard InChI is InChI=1S/C24H38N2O3/c1-3-29-24(15-7-4-5-8-16-24)23(27)25-21-11-13-22(14-12-21)28-19-18-26-17-9-6-10-20(26)2/h11-14,20H,3-10,15-19H2,1-2H3,(H,25,27). The van der Waals surface area contributed by atoms with Gasteiger partial charge in [0.15, 0.2) is 0 Å². The molecule has 5 heteroatoms. The summed E-state index contributed by atoms with van der Waals surface area (Å²) < 4.78 is 11.9. The maximum atomic E-state index is 13.0. The van der Waals surface area contributed by atoms with Crippen molar-refractivity contribution >= 4 is 11.6 Å². The van der Waals surface area contributed by atoms with Gasteiger partial charge in [-0.15, -0.1) is 0 Å². The minimum atomic E-state index is -0.675. The summed E-state index contributed by atoms with van der Waals surface area (Å²) >= 11 is 0. The minimum Gasteiger partial charge on any atom is -0.492 e. The van der Waals surface area contributed by atoms with Gasteiger partial charge in [0, 0.05) is 24.9 Å². The molecule has 1 aliphatic heterocycles. The summed E-state index contributed by atoms with van der Waals surface area (Å²) in [6.45, 7) is 7.68. The van der Waals surface area contributed by atoms with Crippen molar-refractivity contribution in [1.29, 1.82) is 0 Å². The molecule has 162 valence electrons. The Morgan fingerprint density at radius 3 is 2.48 bits per heavy atom. The quantitative estimate of drug-likeness (QED) is 0.621. The fourth-order valence-corrected chi connectivity index (χ4v) is 4.66. The van der Waals surface area contributed by atoms with Crippen LogP contribution in [0, 0.1) is 0 Å². The number of hydrogen-bond donors (Lipinski definition) is 1. The molecule has 0 spiro atoms. The Balaban J connectivity index is 1.50. The van der Waals surface area contributed by atoms with Crippen LogP contribution in [0.25, 0.3) is 0 Å². The molecule has 29 heavy (non-hydrogen) atoms. The smallest absolute Gasteiger partial charge is 0.256 e. The van der Waals surface area contributed by atoms with Crippen molar-refractivity contribution in [3.63, 3.8) is 0 Å². The van der Waals surface area contributed by atoms with E-state index in [1.54, 1.807) is 0 Å². The molecule has 3 rings (SSSR count). The zero-order valence-corrected chi connectivity index (χ0v) is 18.3. The van der Waals surface area contributed by atoms with Crippen molar-refractivity contribution in [2.45, 2.75) is 83.3 Å². The number of piperidine rings is 1. The summed E-state index contributed by atoms with van der Waals surface area (Å²) in [5.74, 6) is 0.843. The highest BCUT2D eigenvalue weighted by molar-refractivity contribution is 5.97. The topological polar surface area (TPSA) is 50.8 Å². The van der Waals surface area contributed by atoms with Crippen LogP contribution in [0.5, 0.6) is 5.75 Å². The Kier molecular flexibility index (Phi) is 8.37. The van der Waals surface area contributed by atoms with Gasteiger partial charge in [-0.1, -0.05) is 32.1 Å². The van der Waals surface area contributed by atoms with E-state index in [9.17, 15) is 4.79 Å². The molecular formula is C24H38N2O3. The molecule has 1 unspecified atom stereocenters. The van der Waals surface area contributed by atoms with Crippen molar-refractivity contribution in [1.82, 2.24) is 4.90 Å². The summed E-state index contributed by atoms with van der Waals surface area (Å²) in [6, 6.07) is 8.39. The average Bonchev–Trinajstić information content (AvgIpc) is 2.98. The van der Waals surface area contributed by atoms with Crippen molar-refractivity contribution in [2.24, 2.45) is 0 Å². The van der Waals surface area contributed by atoms with Crippen molar-refractivity contribution < 1.29 is 14.3 Å².